The SMILES string of the molecule is O=C1C[S@@](=O)[C@@H](c2ccc(Cl)cc2)C(=O)N1c1ccc(C(F)(F)F)cc1. The fraction of sp³-hybridized carbons (Fsp3) is 0.176. The van der Waals surface area contributed by atoms with E-state index in [2.05, 4.69) is 0 Å². The van der Waals surface area contributed by atoms with E-state index in [0.717, 1.165) is 29.2 Å². The van der Waals surface area contributed by atoms with E-state index in [-0.39, 0.29) is 5.69 Å². The minimum absolute atomic E-state index is 0.00339. The van der Waals surface area contributed by atoms with Gasteiger partial charge in [0.25, 0.3) is 5.91 Å². The lowest BCUT2D eigenvalue weighted by molar-refractivity contribution is -0.137. The number of nitrogens with zero attached hydrogens (tertiary/aromatic N) is 1. The standard InChI is InChI=1S/C17H11ClF3NO3S/c18-12-5-1-10(2-6-12)15-16(24)22(14(23)9-26(15)25)13-7-3-11(4-8-13)17(19,20)21/h1-8,15H,9H2/t15-,26+/m0/s1. The Morgan fingerprint density at radius 3 is 2.12 bits per heavy atom. The molecule has 0 unspecified atom stereocenters. The van der Waals surface area contributed by atoms with Crippen molar-refractivity contribution in [3.63, 3.8) is 0 Å². The molecule has 3 rings (SSSR count). The number of halogens is 4. The lowest BCUT2D eigenvalue weighted by Crippen LogP contribution is -2.49. The number of benzene rings is 2. The molecular formula is C17H11ClF3NO3S. The zero-order chi connectivity index (χ0) is 19.1. The van der Waals surface area contributed by atoms with Gasteiger partial charge in [-0.25, -0.2) is 4.90 Å². The number of anilines is 1. The second kappa shape index (κ2) is 6.85. The van der Waals surface area contributed by atoms with Crippen LogP contribution in [0.15, 0.2) is 48.5 Å². The number of amides is 2. The molecule has 0 saturated carbocycles. The van der Waals surface area contributed by atoms with Gasteiger partial charge >= 0.3 is 6.18 Å². The molecule has 26 heavy (non-hydrogen) atoms. The summed E-state index contributed by atoms with van der Waals surface area (Å²) in [5, 5.41) is -0.661. The van der Waals surface area contributed by atoms with E-state index in [1.165, 1.54) is 24.3 Å². The summed E-state index contributed by atoms with van der Waals surface area (Å²) < 4.78 is 50.4. The first kappa shape index (κ1) is 18.6. The predicted molar refractivity (Wildman–Crippen MR) is 91.1 cm³/mol. The van der Waals surface area contributed by atoms with Crippen molar-refractivity contribution in [2.45, 2.75) is 11.4 Å². The van der Waals surface area contributed by atoms with E-state index in [1.807, 2.05) is 0 Å². The van der Waals surface area contributed by atoms with Gasteiger partial charge in [-0.2, -0.15) is 13.2 Å². The third-order valence-corrected chi connectivity index (χ3v) is 5.63. The van der Waals surface area contributed by atoms with Crippen molar-refractivity contribution in [2.75, 3.05) is 10.7 Å². The van der Waals surface area contributed by atoms with Crippen molar-refractivity contribution < 1.29 is 27.0 Å². The van der Waals surface area contributed by atoms with Crippen LogP contribution >= 0.6 is 11.6 Å². The maximum absolute atomic E-state index is 12.8. The smallest absolute Gasteiger partial charge is 0.273 e. The highest BCUT2D eigenvalue weighted by atomic mass is 35.5. The predicted octanol–water partition coefficient (Wildman–Crippen LogP) is 3.72. The molecule has 0 N–H and O–H groups in total. The van der Waals surface area contributed by atoms with E-state index in [1.54, 1.807) is 0 Å². The summed E-state index contributed by atoms with van der Waals surface area (Å²) in [5.41, 5.74) is -0.471. The van der Waals surface area contributed by atoms with Gasteiger partial charge in [-0.1, -0.05) is 23.7 Å². The molecule has 9 heteroatoms. The summed E-state index contributed by atoms with van der Waals surface area (Å²) in [6.07, 6.45) is -4.53. The quantitative estimate of drug-likeness (QED) is 0.721. The average molecular weight is 402 g/mol. The number of hydrogen-bond acceptors (Lipinski definition) is 3. The Balaban J connectivity index is 1.96. The van der Waals surface area contributed by atoms with Crippen molar-refractivity contribution in [1.29, 1.82) is 0 Å². The molecule has 0 bridgehead atoms. The molecule has 0 aliphatic carbocycles. The highest BCUT2D eigenvalue weighted by Crippen LogP contribution is 2.34. The maximum Gasteiger partial charge on any atom is 0.416 e. The van der Waals surface area contributed by atoms with E-state index in [9.17, 15) is 27.0 Å². The van der Waals surface area contributed by atoms with Gasteiger partial charge in [-0.05, 0) is 42.0 Å². The minimum Gasteiger partial charge on any atom is -0.273 e. The Morgan fingerprint density at radius 1 is 1.00 bits per heavy atom. The lowest BCUT2D eigenvalue weighted by Gasteiger charge is -2.30. The molecule has 0 spiro atoms. The number of alkyl halides is 3. The Labute approximate surface area is 154 Å². The summed E-state index contributed by atoms with van der Waals surface area (Å²) >= 11 is 5.81. The Morgan fingerprint density at radius 2 is 1.58 bits per heavy atom. The second-order valence-corrected chi connectivity index (χ2v) is 7.53. The molecule has 0 radical (unpaired) electrons. The molecule has 1 saturated heterocycles. The van der Waals surface area contributed by atoms with Crippen LogP contribution in [0.2, 0.25) is 5.02 Å². The topological polar surface area (TPSA) is 54.5 Å². The van der Waals surface area contributed by atoms with Crippen molar-refractivity contribution in [3.05, 3.63) is 64.7 Å². The maximum atomic E-state index is 12.8. The molecule has 1 aliphatic rings. The molecule has 1 aliphatic heterocycles. The summed E-state index contributed by atoms with van der Waals surface area (Å²) in [4.78, 5) is 25.7. The molecule has 1 heterocycles. The fourth-order valence-electron chi connectivity index (χ4n) is 2.62. The molecule has 4 nitrogen and oxygen atoms in total. The van der Waals surface area contributed by atoms with Crippen LogP contribution in [-0.4, -0.2) is 21.8 Å². The molecule has 1 fully saturated rings. The second-order valence-electron chi connectivity index (χ2n) is 5.57. The minimum atomic E-state index is -4.53. The number of rotatable bonds is 2. The Hall–Kier alpha value is -2.19. The van der Waals surface area contributed by atoms with Crippen LogP contribution in [0.5, 0.6) is 0 Å². The molecule has 2 aromatic rings. The number of hydrogen-bond donors (Lipinski definition) is 0. The van der Waals surface area contributed by atoms with Gasteiger partial charge < -0.3 is 0 Å². The first-order valence-corrected chi connectivity index (χ1v) is 9.11. The summed E-state index contributed by atoms with van der Waals surface area (Å²) in [6, 6.07) is 9.79. The third-order valence-electron chi connectivity index (χ3n) is 3.85. The van der Waals surface area contributed by atoms with Crippen molar-refractivity contribution in [3.8, 4) is 0 Å². The first-order chi connectivity index (χ1) is 12.2. The third kappa shape index (κ3) is 3.52. The van der Waals surface area contributed by atoms with Gasteiger partial charge in [0.1, 0.15) is 11.0 Å². The van der Waals surface area contributed by atoms with Gasteiger partial charge in [0.15, 0.2) is 0 Å². The molecule has 0 aromatic heterocycles. The van der Waals surface area contributed by atoms with Crippen molar-refractivity contribution in [1.82, 2.24) is 0 Å². The zero-order valence-electron chi connectivity index (χ0n) is 13.0. The van der Waals surface area contributed by atoms with Crippen molar-refractivity contribution in [2.24, 2.45) is 0 Å². The van der Waals surface area contributed by atoms with Crippen LogP contribution in [0.3, 0.4) is 0 Å². The van der Waals surface area contributed by atoms with Gasteiger partial charge in [0.05, 0.1) is 11.3 Å². The molecule has 2 amide bonds. The van der Waals surface area contributed by atoms with Crippen LogP contribution in [0.4, 0.5) is 18.9 Å². The number of carbonyl (C=O) groups excluding carboxylic acids is 2. The van der Waals surface area contributed by atoms with Gasteiger partial charge in [-0.3, -0.25) is 13.8 Å². The summed E-state index contributed by atoms with van der Waals surface area (Å²) in [7, 11) is -1.77. The Bertz CT molecular complexity index is 882. The van der Waals surface area contributed by atoms with E-state index in [4.69, 9.17) is 11.6 Å². The highest BCUT2D eigenvalue weighted by Gasteiger charge is 2.41. The number of carbonyl (C=O) groups is 2. The van der Waals surface area contributed by atoms with Crippen LogP contribution in [0.25, 0.3) is 0 Å². The largest absolute Gasteiger partial charge is 0.416 e. The van der Waals surface area contributed by atoms with E-state index >= 15 is 0 Å². The molecule has 2 aromatic carbocycles. The normalized spacial score (nSPS) is 21.2. The van der Waals surface area contributed by atoms with Crippen molar-refractivity contribution >= 4 is 39.9 Å². The van der Waals surface area contributed by atoms with Crippen LogP contribution < -0.4 is 4.90 Å². The summed E-state index contributed by atoms with van der Waals surface area (Å²) in [5.74, 6) is -1.87. The van der Waals surface area contributed by atoms with Crippen LogP contribution in [0.1, 0.15) is 16.4 Å². The van der Waals surface area contributed by atoms with Crippen LogP contribution in [-0.2, 0) is 26.6 Å². The fourth-order valence-corrected chi connectivity index (χ4v) is 4.08. The average Bonchev–Trinajstić information content (AvgIpc) is 2.56. The number of imide groups is 1. The van der Waals surface area contributed by atoms with E-state index in [0.29, 0.717) is 10.6 Å². The summed E-state index contributed by atoms with van der Waals surface area (Å²) in [6.45, 7) is 0. The van der Waals surface area contributed by atoms with Gasteiger partial charge in [-0.15, -0.1) is 0 Å². The van der Waals surface area contributed by atoms with Gasteiger partial charge in [0.2, 0.25) is 5.91 Å². The first-order valence-electron chi connectivity index (χ1n) is 7.35. The Kier molecular flexibility index (Phi) is 4.90. The van der Waals surface area contributed by atoms with E-state index < -0.39 is 45.4 Å². The zero-order valence-corrected chi connectivity index (χ0v) is 14.6. The van der Waals surface area contributed by atoms with Crippen LogP contribution in [0, 0.1) is 0 Å². The highest BCUT2D eigenvalue weighted by molar-refractivity contribution is 7.87. The lowest BCUT2D eigenvalue weighted by atomic mass is 10.1. The van der Waals surface area contributed by atoms with Gasteiger partial charge in [0, 0.05) is 15.8 Å². The molecule has 2 atom stereocenters. The monoisotopic (exact) mass is 401 g/mol. The molecule has 136 valence electrons. The molecular weight excluding hydrogens is 391 g/mol.